The number of hydrazine groups is 1. The SMILES string of the molecule is O=C(COC(=O)c1ccc(OC(F)F)cc1)NNC(=O)c1ccc(Cl)cc1. The molecule has 0 radical (unpaired) electrons. The van der Waals surface area contributed by atoms with E-state index in [1.165, 1.54) is 36.4 Å². The predicted octanol–water partition coefficient (Wildman–Crippen LogP) is 2.56. The molecule has 0 aliphatic heterocycles. The highest BCUT2D eigenvalue weighted by molar-refractivity contribution is 6.30. The molecule has 0 aromatic heterocycles. The third-order valence-electron chi connectivity index (χ3n) is 3.07. The zero-order chi connectivity index (χ0) is 19.8. The van der Waals surface area contributed by atoms with E-state index >= 15 is 0 Å². The minimum atomic E-state index is -2.98. The second-order valence-corrected chi connectivity index (χ2v) is 5.42. The van der Waals surface area contributed by atoms with Gasteiger partial charge in [0.15, 0.2) is 6.61 Å². The number of hydrogen-bond donors (Lipinski definition) is 2. The normalized spacial score (nSPS) is 10.2. The predicted molar refractivity (Wildman–Crippen MR) is 90.4 cm³/mol. The van der Waals surface area contributed by atoms with Crippen LogP contribution >= 0.6 is 11.6 Å². The Labute approximate surface area is 157 Å². The average Bonchev–Trinajstić information content (AvgIpc) is 2.65. The zero-order valence-corrected chi connectivity index (χ0v) is 14.3. The molecule has 0 atom stereocenters. The van der Waals surface area contributed by atoms with E-state index in [0.29, 0.717) is 5.02 Å². The molecule has 0 spiro atoms. The fraction of sp³-hybridized carbons (Fsp3) is 0.118. The summed E-state index contributed by atoms with van der Waals surface area (Å²) in [5, 5.41) is 0.455. The second-order valence-electron chi connectivity index (χ2n) is 4.99. The number of rotatable bonds is 6. The van der Waals surface area contributed by atoms with E-state index in [1.807, 2.05) is 0 Å². The Hall–Kier alpha value is -3.20. The molecule has 2 N–H and O–H groups in total. The molecule has 0 aliphatic carbocycles. The van der Waals surface area contributed by atoms with Crippen LogP contribution in [0.3, 0.4) is 0 Å². The first kappa shape index (κ1) is 20.1. The van der Waals surface area contributed by atoms with Crippen LogP contribution in [0.25, 0.3) is 0 Å². The van der Waals surface area contributed by atoms with Crippen LogP contribution in [-0.4, -0.2) is 31.0 Å². The summed E-state index contributed by atoms with van der Waals surface area (Å²) in [7, 11) is 0. The number of alkyl halides is 2. The maximum atomic E-state index is 12.1. The Bertz CT molecular complexity index is 813. The Morgan fingerprint density at radius 2 is 1.52 bits per heavy atom. The molecule has 10 heteroatoms. The van der Waals surface area contributed by atoms with Gasteiger partial charge in [-0.2, -0.15) is 8.78 Å². The van der Waals surface area contributed by atoms with E-state index in [1.54, 1.807) is 0 Å². The van der Waals surface area contributed by atoms with Crippen LogP contribution in [0.5, 0.6) is 5.75 Å². The molecule has 0 unspecified atom stereocenters. The Balaban J connectivity index is 1.76. The van der Waals surface area contributed by atoms with Gasteiger partial charge in [0, 0.05) is 10.6 Å². The lowest BCUT2D eigenvalue weighted by Crippen LogP contribution is -2.43. The first-order valence-electron chi connectivity index (χ1n) is 7.42. The smallest absolute Gasteiger partial charge is 0.387 e. The van der Waals surface area contributed by atoms with Crippen molar-refractivity contribution in [3.8, 4) is 5.75 Å². The highest BCUT2D eigenvalue weighted by Crippen LogP contribution is 2.15. The van der Waals surface area contributed by atoms with Gasteiger partial charge in [-0.25, -0.2) is 4.79 Å². The summed E-state index contributed by atoms with van der Waals surface area (Å²) in [6.07, 6.45) is 0. The van der Waals surface area contributed by atoms with Gasteiger partial charge in [-0.3, -0.25) is 20.4 Å². The van der Waals surface area contributed by atoms with E-state index in [4.69, 9.17) is 16.3 Å². The highest BCUT2D eigenvalue weighted by atomic mass is 35.5. The van der Waals surface area contributed by atoms with Gasteiger partial charge < -0.3 is 9.47 Å². The molecule has 0 bridgehead atoms. The Morgan fingerprint density at radius 1 is 0.926 bits per heavy atom. The van der Waals surface area contributed by atoms with E-state index in [-0.39, 0.29) is 16.9 Å². The van der Waals surface area contributed by atoms with E-state index in [9.17, 15) is 23.2 Å². The monoisotopic (exact) mass is 398 g/mol. The number of ether oxygens (including phenoxy) is 2. The molecule has 7 nitrogen and oxygen atoms in total. The number of amides is 2. The van der Waals surface area contributed by atoms with E-state index in [0.717, 1.165) is 12.1 Å². The van der Waals surface area contributed by atoms with E-state index < -0.39 is 31.0 Å². The number of benzene rings is 2. The van der Waals surface area contributed by atoms with Crippen LogP contribution in [0.15, 0.2) is 48.5 Å². The lowest BCUT2D eigenvalue weighted by molar-refractivity contribution is -0.125. The summed E-state index contributed by atoms with van der Waals surface area (Å²) in [5.41, 5.74) is 4.53. The summed E-state index contributed by atoms with van der Waals surface area (Å²) < 4.78 is 33.0. The molecule has 0 aliphatic rings. The third-order valence-corrected chi connectivity index (χ3v) is 3.32. The summed E-state index contributed by atoms with van der Waals surface area (Å²) in [6, 6.07) is 10.7. The molecule has 2 aromatic carbocycles. The topological polar surface area (TPSA) is 93.7 Å². The maximum Gasteiger partial charge on any atom is 0.387 e. The van der Waals surface area contributed by atoms with Crippen molar-refractivity contribution in [2.75, 3.05) is 6.61 Å². The number of hydrogen-bond acceptors (Lipinski definition) is 5. The summed E-state index contributed by atoms with van der Waals surface area (Å²) in [5.74, 6) is -2.33. The average molecular weight is 399 g/mol. The number of esters is 1. The van der Waals surface area contributed by atoms with Crippen LogP contribution in [-0.2, 0) is 9.53 Å². The number of carbonyl (C=O) groups is 3. The van der Waals surface area contributed by atoms with Crippen LogP contribution in [0.1, 0.15) is 20.7 Å². The number of halogens is 3. The maximum absolute atomic E-state index is 12.1. The molecular formula is C17H13ClF2N2O5. The Kier molecular flexibility index (Phi) is 7.07. The van der Waals surface area contributed by atoms with Crippen LogP contribution in [0.2, 0.25) is 5.02 Å². The second kappa shape index (κ2) is 9.48. The first-order valence-corrected chi connectivity index (χ1v) is 7.79. The van der Waals surface area contributed by atoms with Crippen molar-refractivity contribution in [1.82, 2.24) is 10.9 Å². The minimum Gasteiger partial charge on any atom is -0.452 e. The van der Waals surface area contributed by atoms with Crippen molar-refractivity contribution in [2.45, 2.75) is 6.61 Å². The lowest BCUT2D eigenvalue weighted by Gasteiger charge is -2.09. The largest absolute Gasteiger partial charge is 0.452 e. The van der Waals surface area contributed by atoms with Gasteiger partial charge in [-0.15, -0.1) is 0 Å². The van der Waals surface area contributed by atoms with Crippen molar-refractivity contribution < 1.29 is 32.6 Å². The van der Waals surface area contributed by atoms with Gasteiger partial charge in [0.1, 0.15) is 5.75 Å². The van der Waals surface area contributed by atoms with Gasteiger partial charge in [0.05, 0.1) is 5.56 Å². The molecule has 27 heavy (non-hydrogen) atoms. The summed E-state index contributed by atoms with van der Waals surface area (Å²) in [6.45, 7) is -3.63. The van der Waals surface area contributed by atoms with Crippen molar-refractivity contribution in [3.05, 3.63) is 64.7 Å². The Morgan fingerprint density at radius 3 is 2.11 bits per heavy atom. The summed E-state index contributed by atoms with van der Waals surface area (Å²) in [4.78, 5) is 35.2. The molecular weight excluding hydrogens is 386 g/mol. The van der Waals surface area contributed by atoms with Gasteiger partial charge in [-0.05, 0) is 48.5 Å². The quantitative estimate of drug-likeness (QED) is 0.576. The number of nitrogens with one attached hydrogen (secondary N) is 2. The zero-order valence-electron chi connectivity index (χ0n) is 13.6. The van der Waals surface area contributed by atoms with Crippen molar-refractivity contribution in [2.24, 2.45) is 0 Å². The lowest BCUT2D eigenvalue weighted by atomic mass is 10.2. The number of carbonyl (C=O) groups excluding carboxylic acids is 3. The minimum absolute atomic E-state index is 0.0367. The standard InChI is InChI=1S/C17H13ClF2N2O5/c18-12-5-1-10(2-6-12)15(24)22-21-14(23)9-26-16(25)11-3-7-13(8-4-11)27-17(19)20/h1-8,17H,9H2,(H,21,23)(H,22,24). The molecule has 2 amide bonds. The van der Waals surface area contributed by atoms with Crippen LogP contribution in [0.4, 0.5) is 8.78 Å². The molecule has 0 heterocycles. The molecule has 2 rings (SSSR count). The van der Waals surface area contributed by atoms with Gasteiger partial charge in [-0.1, -0.05) is 11.6 Å². The highest BCUT2D eigenvalue weighted by Gasteiger charge is 2.12. The molecule has 0 saturated heterocycles. The van der Waals surface area contributed by atoms with Crippen molar-refractivity contribution >= 4 is 29.4 Å². The third kappa shape index (κ3) is 6.55. The van der Waals surface area contributed by atoms with Gasteiger partial charge in [0.2, 0.25) is 0 Å². The van der Waals surface area contributed by atoms with Gasteiger partial charge in [0.25, 0.3) is 11.8 Å². The van der Waals surface area contributed by atoms with Gasteiger partial charge >= 0.3 is 12.6 Å². The molecule has 0 fully saturated rings. The van der Waals surface area contributed by atoms with Crippen molar-refractivity contribution in [1.29, 1.82) is 0 Å². The van der Waals surface area contributed by atoms with Crippen molar-refractivity contribution in [3.63, 3.8) is 0 Å². The van der Waals surface area contributed by atoms with E-state index in [2.05, 4.69) is 15.6 Å². The summed E-state index contributed by atoms with van der Waals surface area (Å²) >= 11 is 5.71. The molecule has 0 saturated carbocycles. The fourth-order valence-corrected chi connectivity index (χ4v) is 1.95. The van der Waals surface area contributed by atoms with Crippen LogP contribution < -0.4 is 15.6 Å². The fourth-order valence-electron chi connectivity index (χ4n) is 1.82. The first-order chi connectivity index (χ1) is 12.8. The molecule has 2 aromatic rings. The van der Waals surface area contributed by atoms with Crippen LogP contribution in [0, 0.1) is 0 Å². The molecule has 142 valence electrons.